The van der Waals surface area contributed by atoms with Crippen LogP contribution in [0.25, 0.3) is 5.52 Å². The molecule has 5 nitrogen and oxygen atoms in total. The van der Waals surface area contributed by atoms with Crippen molar-refractivity contribution in [1.82, 2.24) is 4.40 Å². The Hall–Kier alpha value is -3.86. The number of rotatable bonds is 5. The number of anilines is 2. The third-order valence-electron chi connectivity index (χ3n) is 5.26. The Morgan fingerprint density at radius 3 is 2.33 bits per heavy atom. The minimum absolute atomic E-state index is 0.175. The van der Waals surface area contributed by atoms with Crippen LogP contribution in [0.4, 0.5) is 11.4 Å². The Morgan fingerprint density at radius 1 is 0.967 bits per heavy atom. The topological polar surface area (TPSA) is 76.6 Å². The lowest BCUT2D eigenvalue weighted by Crippen LogP contribution is -2.14. The van der Waals surface area contributed by atoms with Gasteiger partial charge >= 0.3 is 0 Å². The van der Waals surface area contributed by atoms with E-state index < -0.39 is 0 Å². The van der Waals surface area contributed by atoms with Crippen LogP contribution in [0.5, 0.6) is 0 Å². The standard InChI is InChI=1S/C25H23N3O2/c1-3-17-9-13-19(14-10-17)27-25(30)21-20-6-4-5-15-28(20)23(22(21)26)24(29)18-11-7-16(2)8-12-18/h4-15H,3,26H2,1-2H3,(H,27,30). The second-order valence-corrected chi connectivity index (χ2v) is 7.29. The fourth-order valence-electron chi connectivity index (χ4n) is 3.56. The molecule has 2 aromatic heterocycles. The van der Waals surface area contributed by atoms with Gasteiger partial charge in [0.25, 0.3) is 5.91 Å². The molecule has 0 aliphatic carbocycles. The first kappa shape index (κ1) is 19.5. The minimum Gasteiger partial charge on any atom is -0.396 e. The SMILES string of the molecule is CCc1ccc(NC(=O)c2c(N)c(C(=O)c3ccc(C)cc3)n3ccccc23)cc1. The highest BCUT2D eigenvalue weighted by molar-refractivity contribution is 6.20. The fraction of sp³-hybridized carbons (Fsp3) is 0.120. The molecule has 4 aromatic rings. The molecule has 0 fully saturated rings. The fourth-order valence-corrected chi connectivity index (χ4v) is 3.56. The highest BCUT2D eigenvalue weighted by Crippen LogP contribution is 2.29. The van der Waals surface area contributed by atoms with Crippen LogP contribution in [0, 0.1) is 6.92 Å². The molecule has 1 amide bonds. The normalized spacial score (nSPS) is 10.9. The number of nitrogens with zero attached hydrogens (tertiary/aromatic N) is 1. The number of aromatic nitrogens is 1. The third kappa shape index (κ3) is 3.46. The van der Waals surface area contributed by atoms with E-state index in [1.807, 2.05) is 55.5 Å². The highest BCUT2D eigenvalue weighted by atomic mass is 16.2. The number of nitrogens with one attached hydrogen (secondary N) is 1. The van der Waals surface area contributed by atoms with Gasteiger partial charge in [-0.3, -0.25) is 9.59 Å². The lowest BCUT2D eigenvalue weighted by molar-refractivity contribution is 0.102. The summed E-state index contributed by atoms with van der Waals surface area (Å²) in [4.78, 5) is 26.3. The molecule has 0 aliphatic heterocycles. The van der Waals surface area contributed by atoms with Crippen molar-refractivity contribution < 1.29 is 9.59 Å². The van der Waals surface area contributed by atoms with Crippen molar-refractivity contribution in [2.45, 2.75) is 20.3 Å². The van der Waals surface area contributed by atoms with Crippen LogP contribution in [0.3, 0.4) is 0 Å². The largest absolute Gasteiger partial charge is 0.396 e. The number of fused-ring (bicyclic) bond motifs is 1. The van der Waals surface area contributed by atoms with Gasteiger partial charge < -0.3 is 15.5 Å². The third-order valence-corrected chi connectivity index (χ3v) is 5.26. The number of hydrogen-bond donors (Lipinski definition) is 2. The molecule has 4 rings (SSSR count). The summed E-state index contributed by atoms with van der Waals surface area (Å²) in [6.07, 6.45) is 2.68. The van der Waals surface area contributed by atoms with Gasteiger partial charge in [-0.25, -0.2) is 0 Å². The smallest absolute Gasteiger partial charge is 0.259 e. The Bertz CT molecular complexity index is 1240. The Balaban J connectivity index is 1.77. The second kappa shape index (κ2) is 7.87. The molecule has 0 spiro atoms. The summed E-state index contributed by atoms with van der Waals surface area (Å²) in [7, 11) is 0. The van der Waals surface area contributed by atoms with E-state index in [-0.39, 0.29) is 17.4 Å². The Labute approximate surface area is 175 Å². The number of aryl methyl sites for hydroxylation is 2. The average Bonchev–Trinajstić information content (AvgIpc) is 3.06. The first-order valence-electron chi connectivity index (χ1n) is 9.89. The van der Waals surface area contributed by atoms with Crippen LogP contribution in [-0.2, 0) is 6.42 Å². The van der Waals surface area contributed by atoms with E-state index >= 15 is 0 Å². The number of carbonyl (C=O) groups is 2. The molecular formula is C25H23N3O2. The molecule has 0 radical (unpaired) electrons. The maximum absolute atomic E-state index is 13.2. The molecule has 0 saturated heterocycles. The Morgan fingerprint density at radius 2 is 1.67 bits per heavy atom. The van der Waals surface area contributed by atoms with E-state index in [1.165, 1.54) is 5.56 Å². The number of benzene rings is 2. The predicted molar refractivity (Wildman–Crippen MR) is 120 cm³/mol. The summed E-state index contributed by atoms with van der Waals surface area (Å²) in [6, 6.07) is 20.4. The van der Waals surface area contributed by atoms with E-state index in [0.29, 0.717) is 28.0 Å². The molecular weight excluding hydrogens is 374 g/mol. The molecule has 0 unspecified atom stereocenters. The molecule has 150 valence electrons. The lowest BCUT2D eigenvalue weighted by Gasteiger charge is -2.06. The highest BCUT2D eigenvalue weighted by Gasteiger charge is 2.26. The van der Waals surface area contributed by atoms with E-state index in [1.54, 1.807) is 28.8 Å². The first-order valence-corrected chi connectivity index (χ1v) is 9.89. The van der Waals surface area contributed by atoms with Gasteiger partial charge in [-0.1, -0.05) is 55.0 Å². The summed E-state index contributed by atoms with van der Waals surface area (Å²) in [5, 5.41) is 2.90. The molecule has 2 aromatic carbocycles. The number of nitrogen functional groups attached to an aromatic ring is 1. The summed E-state index contributed by atoms with van der Waals surface area (Å²) < 4.78 is 1.69. The van der Waals surface area contributed by atoms with Crippen LogP contribution in [-0.4, -0.2) is 16.1 Å². The molecule has 0 atom stereocenters. The maximum atomic E-state index is 13.2. The zero-order valence-corrected chi connectivity index (χ0v) is 17.0. The van der Waals surface area contributed by atoms with Crippen molar-refractivity contribution in [3.05, 3.63) is 101 Å². The number of ketones is 1. The Kier molecular flexibility index (Phi) is 5.11. The quantitative estimate of drug-likeness (QED) is 0.472. The van der Waals surface area contributed by atoms with Crippen LogP contribution in [0.15, 0.2) is 72.9 Å². The van der Waals surface area contributed by atoms with E-state index in [0.717, 1.165) is 12.0 Å². The lowest BCUT2D eigenvalue weighted by atomic mass is 10.0. The van der Waals surface area contributed by atoms with E-state index in [4.69, 9.17) is 5.73 Å². The van der Waals surface area contributed by atoms with Crippen molar-refractivity contribution in [3.63, 3.8) is 0 Å². The van der Waals surface area contributed by atoms with Crippen LogP contribution in [0.1, 0.15) is 44.5 Å². The molecule has 2 heterocycles. The number of amides is 1. The number of hydrogen-bond acceptors (Lipinski definition) is 3. The average molecular weight is 397 g/mol. The van der Waals surface area contributed by atoms with Gasteiger partial charge in [0.2, 0.25) is 5.78 Å². The van der Waals surface area contributed by atoms with Gasteiger partial charge in [-0.15, -0.1) is 0 Å². The molecule has 30 heavy (non-hydrogen) atoms. The van der Waals surface area contributed by atoms with Crippen molar-refractivity contribution in [3.8, 4) is 0 Å². The van der Waals surface area contributed by atoms with Gasteiger partial charge in [0.1, 0.15) is 5.69 Å². The molecule has 0 saturated carbocycles. The van der Waals surface area contributed by atoms with Gasteiger partial charge in [0, 0.05) is 17.4 Å². The zero-order chi connectivity index (χ0) is 21.3. The van der Waals surface area contributed by atoms with Crippen LogP contribution < -0.4 is 11.1 Å². The minimum atomic E-state index is -0.344. The monoisotopic (exact) mass is 397 g/mol. The maximum Gasteiger partial charge on any atom is 0.259 e. The summed E-state index contributed by atoms with van der Waals surface area (Å²) in [5.74, 6) is -0.566. The van der Waals surface area contributed by atoms with E-state index in [9.17, 15) is 9.59 Å². The molecule has 0 aliphatic rings. The van der Waals surface area contributed by atoms with Crippen molar-refractivity contribution in [1.29, 1.82) is 0 Å². The summed E-state index contributed by atoms with van der Waals surface area (Å²) >= 11 is 0. The van der Waals surface area contributed by atoms with Gasteiger partial charge in [-0.2, -0.15) is 0 Å². The molecule has 5 heteroatoms. The number of carbonyl (C=O) groups excluding carboxylic acids is 2. The summed E-state index contributed by atoms with van der Waals surface area (Å²) in [5.41, 5.74) is 11.2. The van der Waals surface area contributed by atoms with Gasteiger partial charge in [-0.05, 0) is 43.2 Å². The van der Waals surface area contributed by atoms with Crippen molar-refractivity contribution in [2.75, 3.05) is 11.1 Å². The van der Waals surface area contributed by atoms with Crippen molar-refractivity contribution in [2.24, 2.45) is 0 Å². The molecule has 0 bridgehead atoms. The molecule has 3 N–H and O–H groups in total. The van der Waals surface area contributed by atoms with E-state index in [2.05, 4.69) is 12.2 Å². The number of nitrogens with two attached hydrogens (primary N) is 1. The van der Waals surface area contributed by atoms with Gasteiger partial charge in [0.15, 0.2) is 0 Å². The summed E-state index contributed by atoms with van der Waals surface area (Å²) in [6.45, 7) is 4.04. The van der Waals surface area contributed by atoms with Crippen LogP contribution >= 0.6 is 0 Å². The first-order chi connectivity index (χ1) is 14.5. The predicted octanol–water partition coefficient (Wildman–Crippen LogP) is 4.88. The zero-order valence-electron chi connectivity index (χ0n) is 17.0. The van der Waals surface area contributed by atoms with Gasteiger partial charge in [0.05, 0.1) is 16.8 Å². The number of pyridine rings is 1. The van der Waals surface area contributed by atoms with Crippen molar-refractivity contribution >= 4 is 28.6 Å². The van der Waals surface area contributed by atoms with Crippen LogP contribution in [0.2, 0.25) is 0 Å². The second-order valence-electron chi connectivity index (χ2n) is 7.29.